The lowest BCUT2D eigenvalue weighted by Crippen LogP contribution is -2.41. The number of amides is 1. The number of carbonyl (C=O) groups is 1. The largest absolute Gasteiger partial charge is 0.454 e. The van der Waals surface area contributed by atoms with E-state index in [1.807, 2.05) is 0 Å². The SMILES string of the molecule is O=C(NC[C@H]1[C@H]2CN(Cc3ccsc3)C[C@]23CC[C@H]1O3)c1ccc2c(c1)OCO2. The van der Waals surface area contributed by atoms with Crippen LogP contribution in [0.4, 0.5) is 0 Å². The Morgan fingerprint density at radius 3 is 3.10 bits per heavy atom. The standard InChI is InChI=1S/C22H24N2O4S/c25-21(15-1-2-19-20(7-15)27-13-26-19)23-8-16-17-10-24(9-14-4-6-29-11-14)12-22(17)5-3-18(16)28-22/h1-2,4,6-7,11,16-18H,3,5,8-10,12-13H2,(H,23,25)/t16-,17+,18+,22+/m0/s1. The van der Waals surface area contributed by atoms with Gasteiger partial charge in [0, 0.05) is 43.6 Å². The summed E-state index contributed by atoms with van der Waals surface area (Å²) in [7, 11) is 0. The summed E-state index contributed by atoms with van der Waals surface area (Å²) >= 11 is 1.75. The maximum atomic E-state index is 12.7. The minimum Gasteiger partial charge on any atom is -0.454 e. The predicted octanol–water partition coefficient (Wildman–Crippen LogP) is 2.89. The van der Waals surface area contributed by atoms with Crippen molar-refractivity contribution in [2.75, 3.05) is 26.4 Å². The highest BCUT2D eigenvalue weighted by molar-refractivity contribution is 7.07. The Labute approximate surface area is 173 Å². The molecular formula is C22H24N2O4S. The number of benzene rings is 1. The van der Waals surface area contributed by atoms with Gasteiger partial charge in [-0.2, -0.15) is 11.3 Å². The first-order valence-electron chi connectivity index (χ1n) is 10.3. The zero-order chi connectivity index (χ0) is 19.4. The van der Waals surface area contributed by atoms with Crippen molar-refractivity contribution in [2.24, 2.45) is 11.8 Å². The summed E-state index contributed by atoms with van der Waals surface area (Å²) in [6, 6.07) is 7.55. The van der Waals surface area contributed by atoms with Crippen LogP contribution in [0.1, 0.15) is 28.8 Å². The van der Waals surface area contributed by atoms with Crippen LogP contribution in [0.5, 0.6) is 11.5 Å². The van der Waals surface area contributed by atoms with E-state index in [9.17, 15) is 4.79 Å². The van der Waals surface area contributed by atoms with Crippen molar-refractivity contribution < 1.29 is 19.0 Å². The Morgan fingerprint density at radius 1 is 1.28 bits per heavy atom. The van der Waals surface area contributed by atoms with E-state index in [4.69, 9.17) is 14.2 Å². The average molecular weight is 413 g/mol. The lowest BCUT2D eigenvalue weighted by atomic mass is 9.73. The van der Waals surface area contributed by atoms with Crippen molar-refractivity contribution >= 4 is 17.2 Å². The van der Waals surface area contributed by atoms with Gasteiger partial charge in [0.2, 0.25) is 6.79 Å². The van der Waals surface area contributed by atoms with Crippen LogP contribution in [0.2, 0.25) is 0 Å². The molecule has 7 heteroatoms. The molecule has 2 aromatic rings. The van der Waals surface area contributed by atoms with Crippen LogP contribution in [0.25, 0.3) is 0 Å². The maximum absolute atomic E-state index is 12.7. The molecule has 0 saturated carbocycles. The van der Waals surface area contributed by atoms with Crippen molar-refractivity contribution in [1.82, 2.24) is 10.2 Å². The van der Waals surface area contributed by atoms with Gasteiger partial charge in [-0.15, -0.1) is 0 Å². The van der Waals surface area contributed by atoms with E-state index in [-0.39, 0.29) is 24.4 Å². The fourth-order valence-corrected chi connectivity index (χ4v) is 6.33. The zero-order valence-electron chi connectivity index (χ0n) is 16.1. The molecule has 0 unspecified atom stereocenters. The number of hydrogen-bond donors (Lipinski definition) is 1. The van der Waals surface area contributed by atoms with Gasteiger partial charge in [-0.25, -0.2) is 0 Å². The minimum atomic E-state index is -0.0618. The quantitative estimate of drug-likeness (QED) is 0.818. The van der Waals surface area contributed by atoms with Crippen molar-refractivity contribution in [3.05, 3.63) is 46.2 Å². The van der Waals surface area contributed by atoms with Gasteiger partial charge in [-0.05, 0) is 53.4 Å². The molecular weight excluding hydrogens is 388 g/mol. The summed E-state index contributed by atoms with van der Waals surface area (Å²) in [5.74, 6) is 2.15. The first kappa shape index (κ1) is 17.7. The number of nitrogens with one attached hydrogen (secondary N) is 1. The molecule has 4 atom stereocenters. The van der Waals surface area contributed by atoms with E-state index in [1.54, 1.807) is 29.5 Å². The number of fused-ring (bicyclic) bond motifs is 2. The Morgan fingerprint density at radius 2 is 2.21 bits per heavy atom. The van der Waals surface area contributed by atoms with Gasteiger partial charge in [0.05, 0.1) is 11.7 Å². The molecule has 3 saturated heterocycles. The minimum absolute atomic E-state index is 0.00513. The molecule has 29 heavy (non-hydrogen) atoms. The van der Waals surface area contributed by atoms with Gasteiger partial charge >= 0.3 is 0 Å². The molecule has 0 aliphatic carbocycles. The highest BCUT2D eigenvalue weighted by Crippen LogP contribution is 2.54. The lowest BCUT2D eigenvalue weighted by molar-refractivity contribution is 0.00213. The Hall–Kier alpha value is -2.09. The summed E-state index contributed by atoms with van der Waals surface area (Å²) in [5, 5.41) is 7.52. The molecule has 6 rings (SSSR count). The Kier molecular flexibility index (Phi) is 4.11. The number of thiophene rings is 1. The zero-order valence-corrected chi connectivity index (χ0v) is 17.0. The smallest absolute Gasteiger partial charge is 0.251 e. The predicted molar refractivity (Wildman–Crippen MR) is 108 cm³/mol. The van der Waals surface area contributed by atoms with E-state index >= 15 is 0 Å². The number of ether oxygens (including phenoxy) is 3. The number of hydrogen-bond acceptors (Lipinski definition) is 6. The first-order chi connectivity index (χ1) is 14.2. The fraction of sp³-hybridized carbons (Fsp3) is 0.500. The molecule has 1 spiro atoms. The number of likely N-dealkylation sites (tertiary alicyclic amines) is 1. The van der Waals surface area contributed by atoms with Crippen LogP contribution in [-0.4, -0.2) is 48.9 Å². The topological polar surface area (TPSA) is 60.0 Å². The number of carbonyl (C=O) groups excluding carboxylic acids is 1. The van der Waals surface area contributed by atoms with Crippen molar-refractivity contribution in [3.63, 3.8) is 0 Å². The maximum Gasteiger partial charge on any atom is 0.251 e. The molecule has 1 N–H and O–H groups in total. The van der Waals surface area contributed by atoms with Gasteiger partial charge < -0.3 is 19.5 Å². The normalized spacial score (nSPS) is 31.9. The van der Waals surface area contributed by atoms with Gasteiger partial charge in [0.15, 0.2) is 11.5 Å². The summed E-state index contributed by atoms with van der Waals surface area (Å²) < 4.78 is 17.2. The monoisotopic (exact) mass is 412 g/mol. The summed E-state index contributed by atoms with van der Waals surface area (Å²) in [6.07, 6.45) is 2.53. The Bertz CT molecular complexity index is 933. The molecule has 5 heterocycles. The van der Waals surface area contributed by atoms with Crippen molar-refractivity contribution in [2.45, 2.75) is 31.1 Å². The van der Waals surface area contributed by atoms with Crippen LogP contribution in [-0.2, 0) is 11.3 Å². The second-order valence-electron chi connectivity index (χ2n) is 8.61. The third kappa shape index (κ3) is 2.95. The molecule has 6 nitrogen and oxygen atoms in total. The van der Waals surface area contributed by atoms with E-state index < -0.39 is 0 Å². The molecule has 1 amide bonds. The summed E-state index contributed by atoms with van der Waals surface area (Å²) in [6.45, 7) is 3.93. The second kappa shape index (κ2) is 6.72. The number of rotatable bonds is 5. The van der Waals surface area contributed by atoms with Crippen LogP contribution in [0.3, 0.4) is 0 Å². The molecule has 152 valence electrons. The molecule has 1 aromatic heterocycles. The highest BCUT2D eigenvalue weighted by Gasteiger charge is 2.62. The molecule has 1 aromatic carbocycles. The first-order valence-corrected chi connectivity index (χ1v) is 11.2. The van der Waals surface area contributed by atoms with Gasteiger partial charge in [0.1, 0.15) is 0 Å². The molecule has 4 aliphatic rings. The molecule has 3 fully saturated rings. The van der Waals surface area contributed by atoms with Gasteiger partial charge in [0.25, 0.3) is 5.91 Å². The molecule has 4 aliphatic heterocycles. The van der Waals surface area contributed by atoms with Crippen LogP contribution in [0.15, 0.2) is 35.0 Å². The third-order valence-corrected chi connectivity index (χ3v) is 7.71. The van der Waals surface area contributed by atoms with E-state index in [1.165, 1.54) is 5.56 Å². The molecule has 2 bridgehead atoms. The summed E-state index contributed by atoms with van der Waals surface area (Å²) in [5.41, 5.74) is 1.99. The second-order valence-corrected chi connectivity index (χ2v) is 9.39. The average Bonchev–Trinajstić information content (AvgIpc) is 3.51. The van der Waals surface area contributed by atoms with Crippen molar-refractivity contribution in [1.29, 1.82) is 0 Å². The van der Waals surface area contributed by atoms with Crippen molar-refractivity contribution in [3.8, 4) is 11.5 Å². The fourth-order valence-electron chi connectivity index (χ4n) is 5.67. The summed E-state index contributed by atoms with van der Waals surface area (Å²) in [4.78, 5) is 15.2. The van der Waals surface area contributed by atoms with Crippen LogP contribution >= 0.6 is 11.3 Å². The third-order valence-electron chi connectivity index (χ3n) is 6.97. The van der Waals surface area contributed by atoms with Gasteiger partial charge in [-0.1, -0.05) is 0 Å². The lowest BCUT2D eigenvalue weighted by Gasteiger charge is -2.29. The van der Waals surface area contributed by atoms with Crippen LogP contribution < -0.4 is 14.8 Å². The van der Waals surface area contributed by atoms with E-state index in [0.29, 0.717) is 35.4 Å². The van der Waals surface area contributed by atoms with Gasteiger partial charge in [-0.3, -0.25) is 9.69 Å². The Balaban J connectivity index is 1.12. The number of nitrogens with zero attached hydrogens (tertiary/aromatic N) is 1. The van der Waals surface area contributed by atoms with E-state index in [2.05, 4.69) is 27.0 Å². The highest BCUT2D eigenvalue weighted by atomic mass is 32.1. The van der Waals surface area contributed by atoms with E-state index in [0.717, 1.165) is 32.5 Å². The molecule has 0 radical (unpaired) electrons. The van der Waals surface area contributed by atoms with Crippen LogP contribution in [0, 0.1) is 11.8 Å².